The summed E-state index contributed by atoms with van der Waals surface area (Å²) in [5, 5.41) is 3.79. The molecule has 2 heterocycles. The van der Waals surface area contributed by atoms with Crippen molar-refractivity contribution in [1.29, 1.82) is 0 Å². The highest BCUT2D eigenvalue weighted by molar-refractivity contribution is 5.15. The van der Waals surface area contributed by atoms with Crippen LogP contribution in [-0.4, -0.2) is 47.6 Å². The SMILES string of the molecule is CO[C@H]1[C@H](n2ccc(=O)[nH]c2=O)O[C@](CN=[N+]=[N-])(COCc2ccccc2)[C@H]1OCc1ccccc1. The second kappa shape index (κ2) is 11.8. The van der Waals surface area contributed by atoms with Crippen LogP contribution in [0, 0.1) is 0 Å². The summed E-state index contributed by atoms with van der Waals surface area (Å²) >= 11 is 0. The lowest BCUT2D eigenvalue weighted by Gasteiger charge is -2.33. The van der Waals surface area contributed by atoms with Gasteiger partial charge in [-0.1, -0.05) is 65.8 Å². The second-order valence-corrected chi connectivity index (χ2v) is 8.38. The number of rotatable bonds is 11. The minimum Gasteiger partial charge on any atom is -0.374 e. The minimum atomic E-state index is -1.28. The van der Waals surface area contributed by atoms with Crippen LogP contribution < -0.4 is 11.2 Å². The highest BCUT2D eigenvalue weighted by Crippen LogP contribution is 2.41. The monoisotopic (exact) mass is 493 g/mol. The van der Waals surface area contributed by atoms with Crippen LogP contribution in [0.25, 0.3) is 10.4 Å². The first-order valence-corrected chi connectivity index (χ1v) is 11.4. The summed E-state index contributed by atoms with van der Waals surface area (Å²) in [4.78, 5) is 29.4. The predicted octanol–water partition coefficient (Wildman–Crippen LogP) is 2.93. The van der Waals surface area contributed by atoms with Crippen molar-refractivity contribution < 1.29 is 18.9 Å². The Hall–Kier alpha value is -3.73. The third kappa shape index (κ3) is 5.73. The molecule has 1 saturated heterocycles. The van der Waals surface area contributed by atoms with Gasteiger partial charge in [0.05, 0.1) is 26.4 Å². The quantitative estimate of drug-likeness (QED) is 0.247. The summed E-state index contributed by atoms with van der Waals surface area (Å²) < 4.78 is 25.7. The zero-order valence-electron chi connectivity index (χ0n) is 19.7. The van der Waals surface area contributed by atoms with Crippen LogP contribution in [0.4, 0.5) is 0 Å². The predicted molar refractivity (Wildman–Crippen MR) is 130 cm³/mol. The van der Waals surface area contributed by atoms with Crippen LogP contribution in [-0.2, 0) is 32.2 Å². The van der Waals surface area contributed by atoms with E-state index in [4.69, 9.17) is 24.5 Å². The molecule has 188 valence electrons. The van der Waals surface area contributed by atoms with Crippen molar-refractivity contribution in [3.63, 3.8) is 0 Å². The molecule has 4 atom stereocenters. The molecule has 1 aliphatic rings. The molecule has 0 aliphatic carbocycles. The van der Waals surface area contributed by atoms with Crippen LogP contribution in [0.15, 0.2) is 87.6 Å². The van der Waals surface area contributed by atoms with Crippen molar-refractivity contribution in [2.45, 2.75) is 37.3 Å². The molecule has 0 saturated carbocycles. The summed E-state index contributed by atoms with van der Waals surface area (Å²) in [6.07, 6.45) is -1.21. The summed E-state index contributed by atoms with van der Waals surface area (Å²) in [7, 11) is 1.48. The Labute approximate surface area is 206 Å². The zero-order chi connectivity index (χ0) is 25.4. The van der Waals surface area contributed by atoms with E-state index in [9.17, 15) is 9.59 Å². The Morgan fingerprint density at radius 2 is 1.72 bits per heavy atom. The summed E-state index contributed by atoms with van der Waals surface area (Å²) in [6, 6.07) is 20.4. The highest BCUT2D eigenvalue weighted by atomic mass is 16.6. The highest BCUT2D eigenvalue weighted by Gasteiger charge is 2.57. The number of hydrogen-bond acceptors (Lipinski definition) is 7. The minimum absolute atomic E-state index is 0.00512. The van der Waals surface area contributed by atoms with E-state index < -0.39 is 35.3 Å². The van der Waals surface area contributed by atoms with Gasteiger partial charge in [0.15, 0.2) is 6.23 Å². The van der Waals surface area contributed by atoms with Crippen LogP contribution in [0.3, 0.4) is 0 Å². The van der Waals surface area contributed by atoms with Crippen LogP contribution in [0.2, 0.25) is 0 Å². The van der Waals surface area contributed by atoms with E-state index in [-0.39, 0.29) is 26.4 Å². The molecule has 1 N–H and O–H groups in total. The fourth-order valence-electron chi connectivity index (χ4n) is 4.27. The molecule has 11 heteroatoms. The first kappa shape index (κ1) is 25.4. The standard InChI is InChI=1S/C25H27N5O6/c1-33-21-22(35-15-19-10-6-3-7-11-19)25(16-27-29-26,17-34-14-18-8-4-2-5-9-18)36-23(21)30-13-12-20(31)28-24(30)32/h2-13,21-23H,14-17H2,1H3,(H,28,31,32)/t21-,22+,23-,25-/m1/s1. The molecular weight excluding hydrogens is 466 g/mol. The maximum atomic E-state index is 12.6. The van der Waals surface area contributed by atoms with Crippen LogP contribution in [0.5, 0.6) is 0 Å². The van der Waals surface area contributed by atoms with Crippen molar-refractivity contribution in [3.8, 4) is 0 Å². The topological polar surface area (TPSA) is 141 Å². The normalized spacial score (nSPS) is 23.3. The Bertz CT molecular complexity index is 1290. The number of aromatic nitrogens is 2. The van der Waals surface area contributed by atoms with Crippen molar-refractivity contribution in [2.75, 3.05) is 20.3 Å². The van der Waals surface area contributed by atoms with Gasteiger partial charge in [0.25, 0.3) is 5.56 Å². The first-order chi connectivity index (χ1) is 17.6. The number of nitrogens with zero attached hydrogens (tertiary/aromatic N) is 4. The van der Waals surface area contributed by atoms with Gasteiger partial charge >= 0.3 is 5.69 Å². The smallest absolute Gasteiger partial charge is 0.330 e. The van der Waals surface area contributed by atoms with E-state index in [1.54, 1.807) is 0 Å². The molecule has 0 radical (unpaired) electrons. The Balaban J connectivity index is 1.68. The molecule has 0 amide bonds. The van der Waals surface area contributed by atoms with E-state index >= 15 is 0 Å². The van der Waals surface area contributed by atoms with Gasteiger partial charge in [-0.05, 0) is 16.7 Å². The number of nitrogens with one attached hydrogen (secondary N) is 1. The number of hydrogen-bond donors (Lipinski definition) is 1. The number of ether oxygens (including phenoxy) is 4. The molecule has 0 spiro atoms. The van der Waals surface area contributed by atoms with Crippen molar-refractivity contribution in [1.82, 2.24) is 9.55 Å². The van der Waals surface area contributed by atoms with Gasteiger partial charge < -0.3 is 18.9 Å². The van der Waals surface area contributed by atoms with E-state index in [0.29, 0.717) is 0 Å². The molecule has 36 heavy (non-hydrogen) atoms. The molecule has 1 aromatic heterocycles. The molecule has 0 bridgehead atoms. The summed E-state index contributed by atoms with van der Waals surface area (Å²) in [6.45, 7) is 0.369. The molecule has 2 aromatic carbocycles. The summed E-state index contributed by atoms with van der Waals surface area (Å²) in [5.74, 6) is 0. The molecule has 4 rings (SSSR count). The molecule has 0 unspecified atom stereocenters. The lowest BCUT2D eigenvalue weighted by molar-refractivity contribution is -0.151. The first-order valence-electron chi connectivity index (χ1n) is 11.4. The largest absolute Gasteiger partial charge is 0.374 e. The fourth-order valence-corrected chi connectivity index (χ4v) is 4.27. The average Bonchev–Trinajstić information content (AvgIpc) is 3.20. The van der Waals surface area contributed by atoms with E-state index in [1.807, 2.05) is 60.7 Å². The van der Waals surface area contributed by atoms with Crippen molar-refractivity contribution in [2.24, 2.45) is 5.11 Å². The number of methoxy groups -OCH3 is 1. The van der Waals surface area contributed by atoms with E-state index in [1.165, 1.54) is 23.9 Å². The van der Waals surface area contributed by atoms with E-state index in [2.05, 4.69) is 15.0 Å². The summed E-state index contributed by atoms with van der Waals surface area (Å²) in [5.41, 5.74) is 8.50. The Morgan fingerprint density at radius 1 is 1.06 bits per heavy atom. The fraction of sp³-hybridized carbons (Fsp3) is 0.360. The third-order valence-corrected chi connectivity index (χ3v) is 5.98. The van der Waals surface area contributed by atoms with Crippen LogP contribution >= 0.6 is 0 Å². The third-order valence-electron chi connectivity index (χ3n) is 5.98. The maximum absolute atomic E-state index is 12.6. The van der Waals surface area contributed by atoms with Gasteiger partial charge in [-0.3, -0.25) is 14.3 Å². The van der Waals surface area contributed by atoms with Crippen molar-refractivity contribution in [3.05, 3.63) is 115 Å². The Morgan fingerprint density at radius 3 is 2.33 bits per heavy atom. The lowest BCUT2D eigenvalue weighted by Crippen LogP contribution is -2.51. The average molecular weight is 494 g/mol. The second-order valence-electron chi connectivity index (χ2n) is 8.38. The van der Waals surface area contributed by atoms with Gasteiger partial charge in [-0.15, -0.1) is 0 Å². The molecular formula is C25H27N5O6. The van der Waals surface area contributed by atoms with Crippen LogP contribution in [0.1, 0.15) is 17.4 Å². The maximum Gasteiger partial charge on any atom is 0.330 e. The molecule has 1 aliphatic heterocycles. The zero-order valence-corrected chi connectivity index (χ0v) is 19.7. The van der Waals surface area contributed by atoms with Gasteiger partial charge in [-0.25, -0.2) is 4.79 Å². The van der Waals surface area contributed by atoms with Gasteiger partial charge in [-0.2, -0.15) is 0 Å². The van der Waals surface area contributed by atoms with Gasteiger partial charge in [0.1, 0.15) is 17.8 Å². The van der Waals surface area contributed by atoms with E-state index in [0.717, 1.165) is 11.1 Å². The van der Waals surface area contributed by atoms with Gasteiger partial charge in [0.2, 0.25) is 0 Å². The number of azide groups is 1. The number of aromatic amines is 1. The van der Waals surface area contributed by atoms with Gasteiger partial charge in [0, 0.05) is 24.3 Å². The molecule has 3 aromatic rings. The number of H-pyrrole nitrogens is 1. The number of benzene rings is 2. The Kier molecular flexibility index (Phi) is 8.32. The molecule has 1 fully saturated rings. The lowest BCUT2D eigenvalue weighted by atomic mass is 9.95. The van der Waals surface area contributed by atoms with Crippen molar-refractivity contribution >= 4 is 0 Å². The molecule has 11 nitrogen and oxygen atoms in total.